The number of benzene rings is 1. The van der Waals surface area contributed by atoms with Crippen molar-refractivity contribution >= 4 is 28.2 Å². The Bertz CT molecular complexity index is 593. The topological polar surface area (TPSA) is 54.0 Å². The number of nitrogens with one attached hydrogen (secondary N) is 2. The molecule has 0 unspecified atom stereocenters. The zero-order valence-corrected chi connectivity index (χ0v) is 11.5. The maximum Gasteiger partial charge on any atom is 0.224 e. The lowest BCUT2D eigenvalue weighted by Crippen LogP contribution is -2.16. The molecule has 0 aliphatic rings. The summed E-state index contributed by atoms with van der Waals surface area (Å²) in [5.74, 6) is -0.0103. The van der Waals surface area contributed by atoms with Crippen molar-refractivity contribution in [1.82, 2.24) is 4.98 Å². The number of hydrogen-bond acceptors (Lipinski definition) is 3. The Morgan fingerprint density at radius 1 is 1.32 bits per heavy atom. The number of carbonyl (C=O) groups excluding carboxylic acids is 1. The molecule has 1 heterocycles. The first-order valence-corrected chi connectivity index (χ1v) is 6.56. The molecule has 1 aromatic carbocycles. The molecule has 2 aromatic rings. The van der Waals surface area contributed by atoms with Gasteiger partial charge in [0.1, 0.15) is 0 Å². The van der Waals surface area contributed by atoms with Crippen molar-refractivity contribution in [2.24, 2.45) is 0 Å². The molecule has 19 heavy (non-hydrogen) atoms. The monoisotopic (exact) mass is 257 g/mol. The molecule has 4 nitrogen and oxygen atoms in total. The molecule has 0 saturated heterocycles. The van der Waals surface area contributed by atoms with E-state index in [1.807, 2.05) is 31.2 Å². The van der Waals surface area contributed by atoms with Gasteiger partial charge >= 0.3 is 0 Å². The van der Waals surface area contributed by atoms with Gasteiger partial charge in [-0.25, -0.2) is 0 Å². The summed E-state index contributed by atoms with van der Waals surface area (Å²) < 4.78 is 0. The standard InChI is InChI=1S/C15H19N3O/c1-4-14(19)18-13-9-16-12-8-6-5-7-11(12)15(13)17-10(2)3/h5-10H,4H2,1-3H3,(H,16,17)(H,18,19). The van der Waals surface area contributed by atoms with Crippen molar-refractivity contribution in [2.45, 2.75) is 33.2 Å². The van der Waals surface area contributed by atoms with Gasteiger partial charge < -0.3 is 10.6 Å². The number of amides is 1. The number of para-hydroxylation sites is 1. The van der Waals surface area contributed by atoms with Crippen LogP contribution in [0.3, 0.4) is 0 Å². The molecule has 0 aliphatic carbocycles. The maximum absolute atomic E-state index is 11.6. The zero-order chi connectivity index (χ0) is 13.8. The van der Waals surface area contributed by atoms with E-state index in [4.69, 9.17) is 0 Å². The van der Waals surface area contributed by atoms with Crippen LogP contribution in [-0.4, -0.2) is 16.9 Å². The highest BCUT2D eigenvalue weighted by atomic mass is 16.1. The van der Waals surface area contributed by atoms with Crippen LogP contribution in [0.1, 0.15) is 27.2 Å². The van der Waals surface area contributed by atoms with Crippen LogP contribution in [-0.2, 0) is 4.79 Å². The van der Waals surface area contributed by atoms with Gasteiger partial charge in [-0.05, 0) is 19.9 Å². The first-order valence-electron chi connectivity index (χ1n) is 6.56. The molecule has 0 fully saturated rings. The number of anilines is 2. The minimum Gasteiger partial charge on any atom is -0.381 e. The average molecular weight is 257 g/mol. The number of pyridine rings is 1. The van der Waals surface area contributed by atoms with E-state index in [0.29, 0.717) is 6.42 Å². The third kappa shape index (κ3) is 3.02. The summed E-state index contributed by atoms with van der Waals surface area (Å²) >= 11 is 0. The molecule has 0 saturated carbocycles. The van der Waals surface area contributed by atoms with Gasteiger partial charge in [-0.15, -0.1) is 0 Å². The largest absolute Gasteiger partial charge is 0.381 e. The Balaban J connectivity index is 2.52. The number of hydrogen-bond donors (Lipinski definition) is 2. The third-order valence-corrected chi connectivity index (χ3v) is 2.80. The number of rotatable bonds is 4. The van der Waals surface area contributed by atoms with E-state index in [1.54, 1.807) is 6.20 Å². The van der Waals surface area contributed by atoms with Crippen LogP contribution in [0, 0.1) is 0 Å². The summed E-state index contributed by atoms with van der Waals surface area (Å²) in [6.45, 7) is 5.97. The summed E-state index contributed by atoms with van der Waals surface area (Å²) in [6.07, 6.45) is 2.16. The number of carbonyl (C=O) groups is 1. The molecule has 0 bridgehead atoms. The van der Waals surface area contributed by atoms with E-state index < -0.39 is 0 Å². The quantitative estimate of drug-likeness (QED) is 0.882. The second-order valence-electron chi connectivity index (χ2n) is 4.76. The van der Waals surface area contributed by atoms with Gasteiger partial charge in [0, 0.05) is 17.8 Å². The van der Waals surface area contributed by atoms with Crippen LogP contribution in [0.2, 0.25) is 0 Å². The number of aromatic nitrogens is 1. The smallest absolute Gasteiger partial charge is 0.224 e. The second-order valence-corrected chi connectivity index (χ2v) is 4.76. The van der Waals surface area contributed by atoms with Crippen molar-refractivity contribution in [3.63, 3.8) is 0 Å². The van der Waals surface area contributed by atoms with E-state index >= 15 is 0 Å². The lowest BCUT2D eigenvalue weighted by molar-refractivity contribution is -0.115. The van der Waals surface area contributed by atoms with E-state index in [2.05, 4.69) is 29.5 Å². The average Bonchev–Trinajstić information content (AvgIpc) is 2.40. The van der Waals surface area contributed by atoms with Crippen molar-refractivity contribution in [3.8, 4) is 0 Å². The Morgan fingerprint density at radius 2 is 2.05 bits per heavy atom. The minimum absolute atomic E-state index is 0.0103. The molecule has 0 atom stereocenters. The zero-order valence-electron chi connectivity index (χ0n) is 11.5. The Hall–Kier alpha value is -2.10. The molecule has 2 rings (SSSR count). The van der Waals surface area contributed by atoms with Crippen molar-refractivity contribution < 1.29 is 4.79 Å². The summed E-state index contributed by atoms with van der Waals surface area (Å²) in [5.41, 5.74) is 2.58. The third-order valence-electron chi connectivity index (χ3n) is 2.80. The highest BCUT2D eigenvalue weighted by Gasteiger charge is 2.11. The van der Waals surface area contributed by atoms with Crippen molar-refractivity contribution in [3.05, 3.63) is 30.5 Å². The first kappa shape index (κ1) is 13.3. The Labute approximate surface area is 113 Å². The fourth-order valence-corrected chi connectivity index (χ4v) is 1.92. The van der Waals surface area contributed by atoms with E-state index in [1.165, 1.54) is 0 Å². The van der Waals surface area contributed by atoms with Gasteiger partial charge in [0.05, 0.1) is 23.1 Å². The van der Waals surface area contributed by atoms with E-state index in [-0.39, 0.29) is 11.9 Å². The molecular formula is C15H19N3O. The van der Waals surface area contributed by atoms with Crippen LogP contribution >= 0.6 is 0 Å². The minimum atomic E-state index is -0.0103. The molecule has 0 radical (unpaired) electrons. The predicted molar refractivity (Wildman–Crippen MR) is 79.4 cm³/mol. The van der Waals surface area contributed by atoms with Crippen molar-refractivity contribution in [1.29, 1.82) is 0 Å². The van der Waals surface area contributed by atoms with Crippen molar-refractivity contribution in [2.75, 3.05) is 10.6 Å². The normalized spacial score (nSPS) is 10.7. The number of nitrogens with zero attached hydrogens (tertiary/aromatic N) is 1. The Morgan fingerprint density at radius 3 is 2.74 bits per heavy atom. The van der Waals surface area contributed by atoms with Crippen LogP contribution in [0.25, 0.3) is 10.9 Å². The van der Waals surface area contributed by atoms with Gasteiger partial charge in [-0.2, -0.15) is 0 Å². The first-order chi connectivity index (χ1) is 9.11. The SMILES string of the molecule is CCC(=O)Nc1cnc2ccccc2c1NC(C)C. The summed E-state index contributed by atoms with van der Waals surface area (Å²) in [5, 5.41) is 7.30. The predicted octanol–water partition coefficient (Wildman–Crippen LogP) is 3.40. The summed E-state index contributed by atoms with van der Waals surface area (Å²) in [4.78, 5) is 16.0. The van der Waals surface area contributed by atoms with Crippen LogP contribution in [0.15, 0.2) is 30.5 Å². The highest BCUT2D eigenvalue weighted by Crippen LogP contribution is 2.30. The summed E-state index contributed by atoms with van der Waals surface area (Å²) in [6, 6.07) is 8.18. The van der Waals surface area contributed by atoms with Crippen LogP contribution in [0.5, 0.6) is 0 Å². The molecule has 100 valence electrons. The lowest BCUT2D eigenvalue weighted by atomic mass is 10.1. The van der Waals surface area contributed by atoms with E-state index in [0.717, 1.165) is 22.3 Å². The fraction of sp³-hybridized carbons (Fsp3) is 0.333. The second kappa shape index (κ2) is 5.69. The van der Waals surface area contributed by atoms with Gasteiger partial charge in [-0.1, -0.05) is 25.1 Å². The molecule has 2 N–H and O–H groups in total. The molecule has 0 aliphatic heterocycles. The van der Waals surface area contributed by atoms with Gasteiger partial charge in [-0.3, -0.25) is 9.78 Å². The molecule has 4 heteroatoms. The lowest BCUT2D eigenvalue weighted by Gasteiger charge is -2.17. The molecular weight excluding hydrogens is 238 g/mol. The number of fused-ring (bicyclic) bond motifs is 1. The van der Waals surface area contributed by atoms with Gasteiger partial charge in [0.15, 0.2) is 0 Å². The van der Waals surface area contributed by atoms with E-state index in [9.17, 15) is 4.79 Å². The van der Waals surface area contributed by atoms with Crippen LogP contribution < -0.4 is 10.6 Å². The molecule has 1 amide bonds. The molecule has 1 aromatic heterocycles. The maximum atomic E-state index is 11.6. The summed E-state index contributed by atoms with van der Waals surface area (Å²) in [7, 11) is 0. The Kier molecular flexibility index (Phi) is 4.00. The van der Waals surface area contributed by atoms with Crippen LogP contribution in [0.4, 0.5) is 11.4 Å². The van der Waals surface area contributed by atoms with Gasteiger partial charge in [0.2, 0.25) is 5.91 Å². The van der Waals surface area contributed by atoms with Gasteiger partial charge in [0.25, 0.3) is 0 Å². The fourth-order valence-electron chi connectivity index (χ4n) is 1.92. The molecule has 0 spiro atoms. The highest BCUT2D eigenvalue weighted by molar-refractivity contribution is 6.02.